The van der Waals surface area contributed by atoms with Gasteiger partial charge in [-0.05, 0) is 32.3 Å². The number of hydrogen-bond acceptors (Lipinski definition) is 3. The van der Waals surface area contributed by atoms with Crippen molar-refractivity contribution < 1.29 is 14.3 Å². The van der Waals surface area contributed by atoms with Crippen LogP contribution < -0.4 is 0 Å². The fourth-order valence-corrected chi connectivity index (χ4v) is 2.26. The minimum absolute atomic E-state index is 0.0468. The summed E-state index contributed by atoms with van der Waals surface area (Å²) >= 11 is 0. The molecule has 1 fully saturated rings. The van der Waals surface area contributed by atoms with E-state index < -0.39 is 0 Å². The van der Waals surface area contributed by atoms with Crippen LogP contribution in [0.15, 0.2) is 18.2 Å². The number of rotatable bonds is 5. The summed E-state index contributed by atoms with van der Waals surface area (Å²) in [7, 11) is 0. The van der Waals surface area contributed by atoms with Gasteiger partial charge in [-0.2, -0.15) is 0 Å². The van der Waals surface area contributed by atoms with Crippen molar-refractivity contribution in [1.29, 1.82) is 0 Å². The highest BCUT2D eigenvalue weighted by Crippen LogP contribution is 2.14. The summed E-state index contributed by atoms with van der Waals surface area (Å²) < 4.78 is 10.9. The average Bonchev–Trinajstić information content (AvgIpc) is 2.81. The first-order valence-corrected chi connectivity index (χ1v) is 6.46. The standard InChI is InChI=1S/C15H20O3/c1-11-5-6-14(12(2)8-11)15(16)10-17-9-13-4-3-7-18-13/h5-6,8,13H,3-4,7,9-10H2,1-2H3. The third kappa shape index (κ3) is 3.40. The summed E-state index contributed by atoms with van der Waals surface area (Å²) in [5.74, 6) is 0.0468. The van der Waals surface area contributed by atoms with Gasteiger partial charge >= 0.3 is 0 Å². The third-order valence-corrected chi connectivity index (χ3v) is 3.24. The highest BCUT2D eigenvalue weighted by Gasteiger charge is 2.16. The Kier molecular flexibility index (Phi) is 4.50. The first kappa shape index (κ1) is 13.2. The van der Waals surface area contributed by atoms with Gasteiger partial charge in [0.1, 0.15) is 6.61 Å². The van der Waals surface area contributed by atoms with Crippen LogP contribution in [0.3, 0.4) is 0 Å². The molecule has 1 saturated heterocycles. The Hall–Kier alpha value is -1.19. The zero-order valence-corrected chi connectivity index (χ0v) is 11.1. The highest BCUT2D eigenvalue weighted by molar-refractivity contribution is 5.98. The first-order chi connectivity index (χ1) is 8.66. The van der Waals surface area contributed by atoms with Crippen molar-refractivity contribution in [3.05, 3.63) is 34.9 Å². The van der Waals surface area contributed by atoms with Crippen LogP contribution in [0.2, 0.25) is 0 Å². The Morgan fingerprint density at radius 3 is 2.94 bits per heavy atom. The van der Waals surface area contributed by atoms with Crippen molar-refractivity contribution in [3.63, 3.8) is 0 Å². The zero-order chi connectivity index (χ0) is 13.0. The molecule has 1 aromatic carbocycles. The second kappa shape index (κ2) is 6.12. The van der Waals surface area contributed by atoms with Crippen molar-refractivity contribution in [2.75, 3.05) is 19.8 Å². The molecule has 0 saturated carbocycles. The van der Waals surface area contributed by atoms with Crippen LogP contribution in [0.5, 0.6) is 0 Å². The Bertz CT molecular complexity index is 420. The molecule has 0 aromatic heterocycles. The van der Waals surface area contributed by atoms with Gasteiger partial charge in [0, 0.05) is 12.2 Å². The lowest BCUT2D eigenvalue weighted by Crippen LogP contribution is -2.18. The van der Waals surface area contributed by atoms with Gasteiger partial charge in [0.2, 0.25) is 0 Å². The lowest BCUT2D eigenvalue weighted by Gasteiger charge is -2.10. The molecule has 3 heteroatoms. The minimum Gasteiger partial charge on any atom is -0.376 e. The maximum absolute atomic E-state index is 12.0. The summed E-state index contributed by atoms with van der Waals surface area (Å²) in [5.41, 5.74) is 2.94. The van der Waals surface area contributed by atoms with Crippen LogP contribution >= 0.6 is 0 Å². The van der Waals surface area contributed by atoms with E-state index in [-0.39, 0.29) is 18.5 Å². The normalized spacial score (nSPS) is 19.1. The molecule has 0 spiro atoms. The van der Waals surface area contributed by atoms with Crippen LogP contribution in [0, 0.1) is 13.8 Å². The summed E-state index contributed by atoms with van der Waals surface area (Å²) in [6.07, 6.45) is 2.31. The number of hydrogen-bond donors (Lipinski definition) is 0. The summed E-state index contributed by atoms with van der Waals surface area (Å²) in [6, 6.07) is 5.86. The van der Waals surface area contributed by atoms with Gasteiger partial charge in [-0.1, -0.05) is 23.8 Å². The Morgan fingerprint density at radius 1 is 1.44 bits per heavy atom. The smallest absolute Gasteiger partial charge is 0.188 e. The topological polar surface area (TPSA) is 35.5 Å². The molecule has 1 aliphatic rings. The largest absolute Gasteiger partial charge is 0.376 e. The van der Waals surface area contributed by atoms with Crippen molar-refractivity contribution in [1.82, 2.24) is 0 Å². The molecule has 1 atom stereocenters. The van der Waals surface area contributed by atoms with Crippen molar-refractivity contribution in [3.8, 4) is 0 Å². The van der Waals surface area contributed by atoms with Crippen molar-refractivity contribution in [2.24, 2.45) is 0 Å². The zero-order valence-electron chi connectivity index (χ0n) is 11.1. The van der Waals surface area contributed by atoms with E-state index in [1.807, 2.05) is 32.0 Å². The van der Waals surface area contributed by atoms with E-state index in [0.29, 0.717) is 6.61 Å². The monoisotopic (exact) mass is 248 g/mol. The molecule has 18 heavy (non-hydrogen) atoms. The maximum atomic E-state index is 12.0. The van der Waals surface area contributed by atoms with Crippen LogP contribution in [0.1, 0.15) is 34.3 Å². The molecule has 1 heterocycles. The van der Waals surface area contributed by atoms with Crippen molar-refractivity contribution in [2.45, 2.75) is 32.8 Å². The fourth-order valence-electron chi connectivity index (χ4n) is 2.26. The first-order valence-electron chi connectivity index (χ1n) is 6.46. The predicted molar refractivity (Wildman–Crippen MR) is 70.0 cm³/mol. The number of Topliss-reactive ketones (excluding diaryl/α,β-unsaturated/α-hetero) is 1. The van der Waals surface area contributed by atoms with Gasteiger partial charge in [0.15, 0.2) is 5.78 Å². The molecule has 1 aliphatic heterocycles. The molecular weight excluding hydrogens is 228 g/mol. The number of ether oxygens (including phenoxy) is 2. The second-order valence-electron chi connectivity index (χ2n) is 4.89. The van der Waals surface area contributed by atoms with Gasteiger partial charge in [-0.3, -0.25) is 4.79 Å². The Morgan fingerprint density at radius 2 is 2.28 bits per heavy atom. The summed E-state index contributed by atoms with van der Waals surface area (Å²) in [6.45, 7) is 5.47. The molecule has 0 radical (unpaired) electrons. The molecular formula is C15H20O3. The van der Waals surface area contributed by atoms with Crippen LogP contribution in [-0.2, 0) is 9.47 Å². The van der Waals surface area contributed by atoms with E-state index in [0.717, 1.165) is 30.6 Å². The van der Waals surface area contributed by atoms with E-state index in [2.05, 4.69) is 0 Å². The van der Waals surface area contributed by atoms with Crippen LogP contribution in [-0.4, -0.2) is 31.7 Å². The lowest BCUT2D eigenvalue weighted by molar-refractivity contribution is 0.0190. The van der Waals surface area contributed by atoms with Gasteiger partial charge < -0.3 is 9.47 Å². The second-order valence-corrected chi connectivity index (χ2v) is 4.89. The minimum atomic E-state index is 0.0468. The molecule has 0 bridgehead atoms. The summed E-state index contributed by atoms with van der Waals surface area (Å²) in [4.78, 5) is 12.0. The lowest BCUT2D eigenvalue weighted by atomic mass is 10.0. The molecule has 1 unspecified atom stereocenters. The Labute approximate surface area is 108 Å². The molecule has 3 nitrogen and oxygen atoms in total. The molecule has 1 aromatic rings. The fraction of sp³-hybridized carbons (Fsp3) is 0.533. The molecule has 0 aliphatic carbocycles. The Balaban J connectivity index is 1.83. The van der Waals surface area contributed by atoms with E-state index >= 15 is 0 Å². The van der Waals surface area contributed by atoms with Crippen LogP contribution in [0.4, 0.5) is 0 Å². The van der Waals surface area contributed by atoms with Crippen LogP contribution in [0.25, 0.3) is 0 Å². The number of benzene rings is 1. The quantitative estimate of drug-likeness (QED) is 0.751. The number of carbonyl (C=O) groups is 1. The van der Waals surface area contributed by atoms with Gasteiger partial charge in [-0.15, -0.1) is 0 Å². The third-order valence-electron chi connectivity index (χ3n) is 3.24. The van der Waals surface area contributed by atoms with E-state index in [4.69, 9.17) is 9.47 Å². The molecule has 98 valence electrons. The van der Waals surface area contributed by atoms with E-state index in [1.54, 1.807) is 0 Å². The molecule has 0 amide bonds. The number of aryl methyl sites for hydroxylation is 2. The summed E-state index contributed by atoms with van der Waals surface area (Å²) in [5, 5.41) is 0. The SMILES string of the molecule is Cc1ccc(C(=O)COCC2CCCO2)c(C)c1. The molecule has 2 rings (SSSR count). The number of carbonyl (C=O) groups excluding carboxylic acids is 1. The predicted octanol–water partition coefficient (Wildman–Crippen LogP) is 2.68. The van der Waals surface area contributed by atoms with Gasteiger partial charge in [0.05, 0.1) is 12.7 Å². The van der Waals surface area contributed by atoms with Gasteiger partial charge in [-0.25, -0.2) is 0 Å². The number of ketones is 1. The van der Waals surface area contributed by atoms with E-state index in [9.17, 15) is 4.79 Å². The van der Waals surface area contributed by atoms with Gasteiger partial charge in [0.25, 0.3) is 0 Å². The average molecular weight is 248 g/mol. The molecule has 0 N–H and O–H groups in total. The van der Waals surface area contributed by atoms with E-state index in [1.165, 1.54) is 5.56 Å². The highest BCUT2D eigenvalue weighted by atomic mass is 16.5. The van der Waals surface area contributed by atoms with Crippen molar-refractivity contribution >= 4 is 5.78 Å². The maximum Gasteiger partial charge on any atom is 0.188 e.